The number of alkyl halides is 2. The lowest BCUT2D eigenvalue weighted by atomic mass is 9.84. The predicted octanol–water partition coefficient (Wildman–Crippen LogP) is 3.92. The molecule has 1 saturated carbocycles. The van der Waals surface area contributed by atoms with E-state index in [0.29, 0.717) is 49.8 Å². The molecule has 1 aromatic carbocycles. The number of carbonyl (C=O) groups excluding carboxylic acids is 1. The standard InChI is InChI=1S/C25H37ClF2N4O2/c1-18(2)30-14-16-31(17-15-30)21-4-3-9-25(27,28)22(21)29-23(33)32-12-10-24(34,11-13-32)19-5-7-20(26)8-6-19/h5-8,18,21-22,34H,3-4,9-17H2,1-2H3,(H,29,33)/t21-,22+/m0/s1. The summed E-state index contributed by atoms with van der Waals surface area (Å²) >= 11 is 5.96. The number of hydrogen-bond donors (Lipinski definition) is 2. The number of rotatable bonds is 4. The fourth-order valence-electron chi connectivity index (χ4n) is 5.68. The molecular weight excluding hydrogens is 462 g/mol. The first-order valence-corrected chi connectivity index (χ1v) is 12.9. The molecule has 1 aliphatic carbocycles. The summed E-state index contributed by atoms with van der Waals surface area (Å²) in [6, 6.07) is 5.48. The molecule has 34 heavy (non-hydrogen) atoms. The van der Waals surface area contributed by atoms with Gasteiger partial charge in [0.1, 0.15) is 6.04 Å². The molecule has 3 fully saturated rings. The topological polar surface area (TPSA) is 59.0 Å². The van der Waals surface area contributed by atoms with Crippen LogP contribution in [0.25, 0.3) is 0 Å². The quantitative estimate of drug-likeness (QED) is 0.660. The van der Waals surface area contributed by atoms with Gasteiger partial charge in [-0.3, -0.25) is 9.80 Å². The van der Waals surface area contributed by atoms with E-state index in [1.54, 1.807) is 29.2 Å². The molecule has 4 rings (SSSR count). The number of carbonyl (C=O) groups is 1. The Labute approximate surface area is 206 Å². The van der Waals surface area contributed by atoms with Crippen LogP contribution in [0.5, 0.6) is 0 Å². The van der Waals surface area contributed by atoms with Gasteiger partial charge in [0.2, 0.25) is 0 Å². The van der Waals surface area contributed by atoms with E-state index >= 15 is 8.78 Å². The van der Waals surface area contributed by atoms with Crippen molar-refractivity contribution in [3.8, 4) is 0 Å². The van der Waals surface area contributed by atoms with Gasteiger partial charge in [-0.1, -0.05) is 23.7 Å². The molecule has 0 unspecified atom stereocenters. The molecule has 2 N–H and O–H groups in total. The summed E-state index contributed by atoms with van der Waals surface area (Å²) in [6.07, 6.45) is 1.63. The molecule has 3 aliphatic rings. The fourth-order valence-corrected chi connectivity index (χ4v) is 5.81. The van der Waals surface area contributed by atoms with Crippen molar-refractivity contribution in [2.24, 2.45) is 0 Å². The Morgan fingerprint density at radius 1 is 1.06 bits per heavy atom. The van der Waals surface area contributed by atoms with Gasteiger partial charge in [-0.25, -0.2) is 13.6 Å². The summed E-state index contributed by atoms with van der Waals surface area (Å²) in [6.45, 7) is 8.11. The lowest BCUT2D eigenvalue weighted by molar-refractivity contribution is -0.0979. The van der Waals surface area contributed by atoms with E-state index in [-0.39, 0.29) is 12.5 Å². The fraction of sp³-hybridized carbons (Fsp3) is 0.720. The molecule has 190 valence electrons. The van der Waals surface area contributed by atoms with E-state index in [1.807, 2.05) is 0 Å². The van der Waals surface area contributed by atoms with E-state index in [2.05, 4.69) is 29.0 Å². The van der Waals surface area contributed by atoms with Crippen molar-refractivity contribution < 1.29 is 18.7 Å². The number of halogens is 3. The third-order valence-corrected chi connectivity index (χ3v) is 8.19. The van der Waals surface area contributed by atoms with Crippen LogP contribution in [0.1, 0.15) is 51.5 Å². The van der Waals surface area contributed by atoms with Crippen LogP contribution in [0.3, 0.4) is 0 Å². The van der Waals surface area contributed by atoms with E-state index < -0.39 is 23.6 Å². The second-order valence-corrected chi connectivity index (χ2v) is 10.8. The summed E-state index contributed by atoms with van der Waals surface area (Å²) in [5.74, 6) is -2.94. The van der Waals surface area contributed by atoms with Crippen LogP contribution >= 0.6 is 11.6 Å². The molecule has 2 heterocycles. The monoisotopic (exact) mass is 498 g/mol. The Hall–Kier alpha value is -1.48. The number of piperazine rings is 1. The number of hydrogen-bond acceptors (Lipinski definition) is 4. The summed E-state index contributed by atoms with van der Waals surface area (Å²) < 4.78 is 30.1. The number of benzene rings is 1. The molecule has 6 nitrogen and oxygen atoms in total. The highest BCUT2D eigenvalue weighted by Crippen LogP contribution is 2.37. The molecule has 2 amide bonds. The zero-order valence-corrected chi connectivity index (χ0v) is 20.9. The lowest BCUT2D eigenvalue weighted by Crippen LogP contribution is -2.66. The van der Waals surface area contributed by atoms with Crippen LogP contribution < -0.4 is 5.32 Å². The van der Waals surface area contributed by atoms with E-state index in [1.165, 1.54) is 0 Å². The van der Waals surface area contributed by atoms with Crippen molar-refractivity contribution in [2.45, 2.75) is 75.6 Å². The van der Waals surface area contributed by atoms with Gasteiger partial charge in [0.05, 0.1) is 5.60 Å². The van der Waals surface area contributed by atoms with E-state index in [4.69, 9.17) is 11.6 Å². The van der Waals surface area contributed by atoms with Crippen molar-refractivity contribution in [1.29, 1.82) is 0 Å². The molecule has 2 aliphatic heterocycles. The SMILES string of the molecule is CC(C)N1CCN([C@H]2CCCC(F)(F)[C@@H]2NC(=O)N2CCC(O)(c3ccc(Cl)cc3)CC2)CC1. The van der Waals surface area contributed by atoms with Crippen LogP contribution in [0.4, 0.5) is 13.6 Å². The van der Waals surface area contributed by atoms with E-state index in [9.17, 15) is 9.90 Å². The first-order valence-electron chi connectivity index (χ1n) is 12.5. The highest BCUT2D eigenvalue weighted by Gasteiger charge is 2.50. The van der Waals surface area contributed by atoms with Crippen molar-refractivity contribution in [3.63, 3.8) is 0 Å². The zero-order chi connectivity index (χ0) is 24.5. The second kappa shape index (κ2) is 10.2. The minimum atomic E-state index is -2.94. The van der Waals surface area contributed by atoms with Gasteiger partial charge in [0, 0.05) is 62.8 Å². The third-order valence-electron chi connectivity index (χ3n) is 7.94. The summed E-state index contributed by atoms with van der Waals surface area (Å²) in [7, 11) is 0. The summed E-state index contributed by atoms with van der Waals surface area (Å²) in [5, 5.41) is 14.4. The maximum absolute atomic E-state index is 15.1. The Kier molecular flexibility index (Phi) is 7.72. The van der Waals surface area contributed by atoms with Crippen LogP contribution in [-0.4, -0.2) is 89.2 Å². The number of urea groups is 1. The zero-order valence-electron chi connectivity index (χ0n) is 20.2. The number of piperidine rings is 1. The van der Waals surface area contributed by atoms with Gasteiger partial charge in [0.15, 0.2) is 0 Å². The first kappa shape index (κ1) is 25.6. The summed E-state index contributed by atoms with van der Waals surface area (Å²) in [4.78, 5) is 19.1. The largest absolute Gasteiger partial charge is 0.385 e. The second-order valence-electron chi connectivity index (χ2n) is 10.3. The smallest absolute Gasteiger partial charge is 0.317 e. The minimum Gasteiger partial charge on any atom is -0.385 e. The Bertz CT molecular complexity index is 838. The Balaban J connectivity index is 1.38. The van der Waals surface area contributed by atoms with Gasteiger partial charge < -0.3 is 15.3 Å². The van der Waals surface area contributed by atoms with Crippen LogP contribution in [0.2, 0.25) is 5.02 Å². The molecule has 1 aromatic rings. The van der Waals surface area contributed by atoms with Crippen LogP contribution in [-0.2, 0) is 5.60 Å². The van der Waals surface area contributed by atoms with Gasteiger partial charge in [-0.2, -0.15) is 0 Å². The van der Waals surface area contributed by atoms with Crippen molar-refractivity contribution in [3.05, 3.63) is 34.9 Å². The highest BCUT2D eigenvalue weighted by molar-refractivity contribution is 6.30. The van der Waals surface area contributed by atoms with Gasteiger partial charge in [-0.15, -0.1) is 0 Å². The average molecular weight is 499 g/mol. The lowest BCUT2D eigenvalue weighted by Gasteiger charge is -2.48. The maximum Gasteiger partial charge on any atom is 0.317 e. The van der Waals surface area contributed by atoms with Crippen LogP contribution in [0.15, 0.2) is 24.3 Å². The minimum absolute atomic E-state index is 0.198. The van der Waals surface area contributed by atoms with Crippen LogP contribution in [0, 0.1) is 0 Å². The molecular formula is C25H37ClF2N4O2. The Morgan fingerprint density at radius 2 is 1.68 bits per heavy atom. The molecule has 0 spiro atoms. The molecule has 0 aromatic heterocycles. The molecule has 0 radical (unpaired) electrons. The van der Waals surface area contributed by atoms with Crippen molar-refractivity contribution in [2.75, 3.05) is 39.3 Å². The number of nitrogens with one attached hydrogen (secondary N) is 1. The number of amides is 2. The molecule has 9 heteroatoms. The maximum atomic E-state index is 15.1. The van der Waals surface area contributed by atoms with Gasteiger partial charge >= 0.3 is 6.03 Å². The average Bonchev–Trinajstić information content (AvgIpc) is 2.81. The van der Waals surface area contributed by atoms with Crippen molar-refractivity contribution >= 4 is 17.6 Å². The number of likely N-dealkylation sites (tertiary alicyclic amines) is 1. The first-order chi connectivity index (χ1) is 16.1. The number of nitrogens with zero attached hydrogens (tertiary/aromatic N) is 3. The van der Waals surface area contributed by atoms with Gasteiger partial charge in [-0.05, 0) is 57.2 Å². The Morgan fingerprint density at radius 3 is 2.26 bits per heavy atom. The van der Waals surface area contributed by atoms with Gasteiger partial charge in [0.25, 0.3) is 5.92 Å². The summed E-state index contributed by atoms with van der Waals surface area (Å²) in [5.41, 5.74) is -0.286. The third kappa shape index (κ3) is 5.50. The van der Waals surface area contributed by atoms with Crippen molar-refractivity contribution in [1.82, 2.24) is 20.0 Å². The van der Waals surface area contributed by atoms with E-state index in [0.717, 1.165) is 31.7 Å². The number of aliphatic hydroxyl groups is 1. The normalized spacial score (nSPS) is 28.1. The predicted molar refractivity (Wildman–Crippen MR) is 129 cm³/mol. The molecule has 0 bridgehead atoms. The highest BCUT2D eigenvalue weighted by atomic mass is 35.5. The molecule has 2 atom stereocenters. The molecule has 2 saturated heterocycles.